The predicted octanol–water partition coefficient (Wildman–Crippen LogP) is 5.13. The number of carbonyl (C=O) groups is 4. The van der Waals surface area contributed by atoms with Gasteiger partial charge in [0.2, 0.25) is 17.6 Å². The van der Waals surface area contributed by atoms with Gasteiger partial charge in [-0.1, -0.05) is 67.9 Å². The number of ketones is 1. The summed E-state index contributed by atoms with van der Waals surface area (Å²) in [5.74, 6) is -12.0. The fourth-order valence-electron chi connectivity index (χ4n) is 4.22. The lowest BCUT2D eigenvalue weighted by Gasteiger charge is -2.28. The molecule has 3 rings (SSSR count). The number of hydrogen-bond donors (Lipinski definition) is 3. The van der Waals surface area contributed by atoms with E-state index in [4.69, 9.17) is 16.3 Å². The van der Waals surface area contributed by atoms with Crippen molar-refractivity contribution in [1.29, 1.82) is 0 Å². The second-order valence-corrected chi connectivity index (χ2v) is 10.9. The van der Waals surface area contributed by atoms with Gasteiger partial charge in [-0.05, 0) is 41.3 Å². The Morgan fingerprint density at radius 3 is 2.15 bits per heavy atom. The van der Waals surface area contributed by atoms with Crippen LogP contribution in [0.1, 0.15) is 43.5 Å². The van der Waals surface area contributed by atoms with Crippen molar-refractivity contribution in [3.05, 3.63) is 95.3 Å². The number of pyridine rings is 1. The SMILES string of the molecule is CC(C)[C@H](NC(=O)C(NC(=O)CC(Oc1cccnc1)c1cccc(Cl)c1)c1ccccc1)C(=O)C(F)(F)C(=O)NCC(F)(F)F. The van der Waals surface area contributed by atoms with Crippen molar-refractivity contribution < 1.29 is 45.9 Å². The summed E-state index contributed by atoms with van der Waals surface area (Å²) in [5, 5.41) is 6.03. The predicted molar refractivity (Wildman–Crippen MR) is 157 cm³/mol. The van der Waals surface area contributed by atoms with Crippen molar-refractivity contribution in [2.75, 3.05) is 6.54 Å². The second kappa shape index (κ2) is 15.6. The Morgan fingerprint density at radius 1 is 0.891 bits per heavy atom. The number of nitrogens with one attached hydrogen (secondary N) is 3. The molecule has 1 heterocycles. The summed E-state index contributed by atoms with van der Waals surface area (Å²) in [7, 11) is 0. The van der Waals surface area contributed by atoms with Crippen LogP contribution in [0.2, 0.25) is 5.02 Å². The smallest absolute Gasteiger partial charge is 0.405 e. The van der Waals surface area contributed by atoms with E-state index in [1.54, 1.807) is 54.6 Å². The minimum Gasteiger partial charge on any atom is -0.484 e. The summed E-state index contributed by atoms with van der Waals surface area (Å²) < 4.78 is 72.8. The molecule has 0 bridgehead atoms. The van der Waals surface area contributed by atoms with E-state index in [0.717, 1.165) is 5.32 Å². The summed E-state index contributed by atoms with van der Waals surface area (Å²) in [6.07, 6.45) is -3.32. The number of ether oxygens (including phenoxy) is 1. The molecular formula is C31H30ClF5N4O5. The molecule has 0 aliphatic carbocycles. The molecule has 9 nitrogen and oxygen atoms in total. The maximum Gasteiger partial charge on any atom is 0.405 e. The first kappa shape index (κ1) is 35.9. The Kier molecular flexibility index (Phi) is 12.2. The fraction of sp³-hybridized carbons (Fsp3) is 0.323. The number of hydrogen-bond acceptors (Lipinski definition) is 6. The lowest BCUT2D eigenvalue weighted by Crippen LogP contribution is -2.58. The average Bonchev–Trinajstić information content (AvgIpc) is 3.00. The van der Waals surface area contributed by atoms with Gasteiger partial charge in [-0.15, -0.1) is 0 Å². The van der Waals surface area contributed by atoms with Gasteiger partial charge in [0.15, 0.2) is 0 Å². The maximum atomic E-state index is 14.7. The molecule has 3 atom stereocenters. The molecule has 0 aliphatic heterocycles. The summed E-state index contributed by atoms with van der Waals surface area (Å²) in [6, 6.07) is 13.9. The van der Waals surface area contributed by atoms with Gasteiger partial charge in [-0.3, -0.25) is 24.2 Å². The fourth-order valence-corrected chi connectivity index (χ4v) is 4.42. The first-order valence-corrected chi connectivity index (χ1v) is 14.2. The average molecular weight is 669 g/mol. The molecule has 3 N–H and O–H groups in total. The summed E-state index contributed by atoms with van der Waals surface area (Å²) >= 11 is 6.15. The zero-order valence-electron chi connectivity index (χ0n) is 24.5. The molecule has 3 aromatic rings. The highest BCUT2D eigenvalue weighted by Gasteiger charge is 2.52. The molecule has 1 aromatic heterocycles. The van der Waals surface area contributed by atoms with Crippen LogP contribution in [-0.4, -0.2) is 53.2 Å². The molecule has 2 unspecified atom stereocenters. The van der Waals surface area contributed by atoms with Crippen molar-refractivity contribution in [2.24, 2.45) is 5.92 Å². The zero-order valence-corrected chi connectivity index (χ0v) is 25.2. The molecule has 46 heavy (non-hydrogen) atoms. The topological polar surface area (TPSA) is 126 Å². The van der Waals surface area contributed by atoms with Crippen LogP contribution >= 0.6 is 11.6 Å². The number of carbonyl (C=O) groups excluding carboxylic acids is 4. The third kappa shape index (κ3) is 10.2. The van der Waals surface area contributed by atoms with Crippen LogP contribution in [0.25, 0.3) is 0 Å². The number of benzene rings is 2. The van der Waals surface area contributed by atoms with E-state index < -0.39 is 66.3 Å². The molecule has 246 valence electrons. The Labute approximate surface area is 265 Å². The minimum absolute atomic E-state index is 0.213. The Morgan fingerprint density at radius 2 is 1.57 bits per heavy atom. The molecule has 0 radical (unpaired) electrons. The van der Waals surface area contributed by atoms with Crippen molar-refractivity contribution in [3.8, 4) is 5.75 Å². The Balaban J connectivity index is 1.84. The van der Waals surface area contributed by atoms with Crippen LogP contribution in [0.5, 0.6) is 5.75 Å². The normalized spacial score (nSPS) is 13.7. The van der Waals surface area contributed by atoms with Gasteiger partial charge >= 0.3 is 12.1 Å². The monoisotopic (exact) mass is 668 g/mol. The molecule has 0 aliphatic rings. The van der Waals surface area contributed by atoms with E-state index in [2.05, 4.69) is 15.6 Å². The summed E-state index contributed by atoms with van der Waals surface area (Å²) in [4.78, 5) is 55.5. The maximum absolute atomic E-state index is 14.7. The van der Waals surface area contributed by atoms with Crippen LogP contribution in [0.4, 0.5) is 22.0 Å². The van der Waals surface area contributed by atoms with Crippen LogP contribution in [0, 0.1) is 5.92 Å². The van der Waals surface area contributed by atoms with Gasteiger partial charge in [0, 0.05) is 11.2 Å². The molecular weight excluding hydrogens is 639 g/mol. The summed E-state index contributed by atoms with van der Waals surface area (Å²) in [5.41, 5.74) is 0.731. The molecule has 15 heteroatoms. The number of amides is 3. The van der Waals surface area contributed by atoms with E-state index in [-0.39, 0.29) is 12.0 Å². The van der Waals surface area contributed by atoms with Gasteiger partial charge in [0.25, 0.3) is 5.91 Å². The molecule has 0 spiro atoms. The number of nitrogens with zero attached hydrogens (tertiary/aromatic N) is 1. The van der Waals surface area contributed by atoms with Gasteiger partial charge in [-0.25, -0.2) is 0 Å². The van der Waals surface area contributed by atoms with E-state index in [9.17, 15) is 41.1 Å². The molecule has 2 aromatic carbocycles. The summed E-state index contributed by atoms with van der Waals surface area (Å²) in [6.45, 7) is 0.484. The van der Waals surface area contributed by atoms with Crippen LogP contribution in [-0.2, 0) is 19.2 Å². The number of alkyl halides is 5. The number of aromatic nitrogens is 1. The van der Waals surface area contributed by atoms with Gasteiger partial charge in [0.1, 0.15) is 24.4 Å². The quantitative estimate of drug-likeness (QED) is 0.162. The van der Waals surface area contributed by atoms with Gasteiger partial charge in [0.05, 0.1) is 18.7 Å². The zero-order chi connectivity index (χ0) is 34.1. The number of rotatable bonds is 14. The largest absolute Gasteiger partial charge is 0.484 e. The highest BCUT2D eigenvalue weighted by molar-refractivity contribution is 6.30. The lowest BCUT2D eigenvalue weighted by atomic mass is 9.94. The first-order valence-electron chi connectivity index (χ1n) is 13.8. The third-order valence-corrected chi connectivity index (χ3v) is 6.73. The van der Waals surface area contributed by atoms with Crippen LogP contribution in [0.3, 0.4) is 0 Å². The van der Waals surface area contributed by atoms with Crippen molar-refractivity contribution in [3.63, 3.8) is 0 Å². The van der Waals surface area contributed by atoms with Gasteiger partial charge < -0.3 is 20.7 Å². The highest BCUT2D eigenvalue weighted by Crippen LogP contribution is 2.28. The first-order chi connectivity index (χ1) is 21.6. The van der Waals surface area contributed by atoms with E-state index in [0.29, 0.717) is 16.3 Å². The van der Waals surface area contributed by atoms with Crippen molar-refractivity contribution >= 4 is 35.1 Å². The number of Topliss-reactive ketones (excluding diaryl/α,β-unsaturated/α-hetero) is 1. The van der Waals surface area contributed by atoms with Gasteiger partial charge in [-0.2, -0.15) is 22.0 Å². The van der Waals surface area contributed by atoms with E-state index in [1.807, 2.05) is 0 Å². The molecule has 3 amide bonds. The van der Waals surface area contributed by atoms with Crippen molar-refractivity contribution in [1.82, 2.24) is 20.9 Å². The van der Waals surface area contributed by atoms with Crippen molar-refractivity contribution in [2.45, 2.75) is 50.6 Å². The minimum atomic E-state index is -5.00. The van der Waals surface area contributed by atoms with Crippen LogP contribution < -0.4 is 20.7 Å². The third-order valence-electron chi connectivity index (χ3n) is 6.50. The van der Waals surface area contributed by atoms with E-state index in [1.165, 1.54) is 38.4 Å². The molecule has 0 fully saturated rings. The molecule has 0 saturated carbocycles. The standard InChI is InChI=1S/C31H30ClF5N4O5/c1-18(2)25(27(43)31(36,37)29(45)39-17-30(33,34)35)41-28(44)26(19-8-4-3-5-9-19)40-24(42)15-23(20-10-6-11-21(32)14-20)46-22-12-7-13-38-16-22/h3-14,16,18,23,25-26H,15,17H2,1-2H3,(H,39,45)(H,40,42)(H,41,44)/t23?,25-,26?/m0/s1. The van der Waals surface area contributed by atoms with E-state index >= 15 is 0 Å². The highest BCUT2D eigenvalue weighted by atomic mass is 35.5. The molecule has 0 saturated heterocycles. The second-order valence-electron chi connectivity index (χ2n) is 10.4. The van der Waals surface area contributed by atoms with Crippen LogP contribution in [0.15, 0.2) is 79.1 Å². The lowest BCUT2D eigenvalue weighted by molar-refractivity contribution is -0.165. The number of halogens is 6. The Hall–Kier alpha value is -4.59. The Bertz CT molecular complexity index is 1510.